The molecule has 184 valence electrons. The molecule has 4 saturated carbocycles. The molecule has 5 rings (SSSR count). The van der Waals surface area contributed by atoms with E-state index in [0.29, 0.717) is 11.8 Å². The van der Waals surface area contributed by atoms with E-state index in [-0.39, 0.29) is 23.7 Å². The predicted octanol–water partition coefficient (Wildman–Crippen LogP) is 7.01. The zero-order chi connectivity index (χ0) is 23.5. The van der Waals surface area contributed by atoms with Gasteiger partial charge in [-0.3, -0.25) is 9.48 Å². The minimum Gasteiger partial charge on any atom is -0.297 e. The van der Waals surface area contributed by atoms with E-state index in [2.05, 4.69) is 25.9 Å². The summed E-state index contributed by atoms with van der Waals surface area (Å²) >= 11 is 0. The first-order chi connectivity index (χ1) is 15.6. The molecule has 4 aliphatic carbocycles. The Morgan fingerprint density at radius 1 is 1.12 bits per heavy atom. The second-order valence-electron chi connectivity index (χ2n) is 12.1. The third-order valence-corrected chi connectivity index (χ3v) is 10.5. The molecule has 1 aromatic rings. The molecule has 0 aromatic carbocycles. The lowest BCUT2D eigenvalue weighted by Gasteiger charge is -2.57. The van der Waals surface area contributed by atoms with Crippen LogP contribution in [0.4, 0.5) is 13.2 Å². The molecule has 0 saturated heterocycles. The molecule has 9 atom stereocenters. The van der Waals surface area contributed by atoms with Crippen LogP contribution in [0.3, 0.4) is 0 Å². The number of aromatic nitrogens is 2. The standard InChI is InChI=1S/C27H39F3N2O/c1-4-17-14-22(23(33)15-32-12-10-24(31-32)27(28,29)30)26(3)11-9-20-19-7-5-16(2)13-18(19)6-8-21(20)25(17)26/h10,12,16-22,25H,4-9,11,13-15H2,1-3H3/t16?,17-,18?,19?,20?,21?,22?,25?,26?/m1/s1. The van der Waals surface area contributed by atoms with E-state index in [4.69, 9.17) is 0 Å². The van der Waals surface area contributed by atoms with Crippen LogP contribution < -0.4 is 0 Å². The van der Waals surface area contributed by atoms with Gasteiger partial charge in [0.1, 0.15) is 0 Å². The number of Topliss-reactive ketones (excluding diaryl/α,β-unsaturated/α-hetero) is 1. The van der Waals surface area contributed by atoms with Gasteiger partial charge in [0.25, 0.3) is 0 Å². The summed E-state index contributed by atoms with van der Waals surface area (Å²) < 4.78 is 40.1. The van der Waals surface area contributed by atoms with E-state index in [1.54, 1.807) is 0 Å². The summed E-state index contributed by atoms with van der Waals surface area (Å²) in [5, 5.41) is 3.65. The van der Waals surface area contributed by atoms with Crippen molar-refractivity contribution in [2.24, 2.45) is 52.8 Å². The molecule has 4 fully saturated rings. The smallest absolute Gasteiger partial charge is 0.297 e. The number of fused-ring (bicyclic) bond motifs is 5. The van der Waals surface area contributed by atoms with Gasteiger partial charge < -0.3 is 0 Å². The highest BCUT2D eigenvalue weighted by molar-refractivity contribution is 5.82. The highest BCUT2D eigenvalue weighted by Gasteiger charge is 2.61. The van der Waals surface area contributed by atoms with E-state index in [0.717, 1.165) is 54.9 Å². The Hall–Kier alpha value is -1.33. The molecule has 6 heteroatoms. The second kappa shape index (κ2) is 8.41. The molecule has 1 heterocycles. The lowest BCUT2D eigenvalue weighted by molar-refractivity contribution is -0.142. The first kappa shape index (κ1) is 23.4. The van der Waals surface area contributed by atoms with Crippen molar-refractivity contribution in [1.82, 2.24) is 9.78 Å². The Morgan fingerprint density at radius 2 is 1.88 bits per heavy atom. The number of halogens is 3. The number of hydrogen-bond donors (Lipinski definition) is 0. The first-order valence-corrected chi connectivity index (χ1v) is 13.2. The Bertz CT molecular complexity index is 879. The van der Waals surface area contributed by atoms with Crippen molar-refractivity contribution in [3.05, 3.63) is 18.0 Å². The fourth-order valence-electron chi connectivity index (χ4n) is 9.17. The average molecular weight is 465 g/mol. The van der Waals surface area contributed by atoms with Gasteiger partial charge in [-0.15, -0.1) is 0 Å². The van der Waals surface area contributed by atoms with Crippen LogP contribution in [0.2, 0.25) is 0 Å². The van der Waals surface area contributed by atoms with Gasteiger partial charge in [0, 0.05) is 12.1 Å². The van der Waals surface area contributed by atoms with Gasteiger partial charge in [0.05, 0.1) is 6.54 Å². The molecular formula is C27H39F3N2O. The highest BCUT2D eigenvalue weighted by atomic mass is 19.4. The number of alkyl halides is 3. The summed E-state index contributed by atoms with van der Waals surface area (Å²) in [6.07, 6.45) is 7.97. The van der Waals surface area contributed by atoms with Crippen molar-refractivity contribution in [2.75, 3.05) is 0 Å². The molecule has 3 nitrogen and oxygen atoms in total. The second-order valence-corrected chi connectivity index (χ2v) is 12.1. The van der Waals surface area contributed by atoms with Crippen molar-refractivity contribution in [3.8, 4) is 0 Å². The molecule has 4 aliphatic rings. The Balaban J connectivity index is 1.35. The summed E-state index contributed by atoms with van der Waals surface area (Å²) in [5.74, 6) is 5.35. The number of hydrogen-bond acceptors (Lipinski definition) is 2. The maximum atomic E-state index is 13.5. The first-order valence-electron chi connectivity index (χ1n) is 13.2. The number of ketones is 1. The van der Waals surface area contributed by atoms with E-state index in [1.165, 1.54) is 49.4 Å². The van der Waals surface area contributed by atoms with Crippen molar-refractivity contribution in [2.45, 2.75) is 91.3 Å². The summed E-state index contributed by atoms with van der Waals surface area (Å²) in [6, 6.07) is 0.968. The fraction of sp³-hybridized carbons (Fsp3) is 0.852. The van der Waals surface area contributed by atoms with Crippen LogP contribution in [0.25, 0.3) is 0 Å². The van der Waals surface area contributed by atoms with Gasteiger partial charge in [0.2, 0.25) is 0 Å². The van der Waals surface area contributed by atoms with Gasteiger partial charge >= 0.3 is 6.18 Å². The molecule has 0 radical (unpaired) electrons. The van der Waals surface area contributed by atoms with Gasteiger partial charge in [-0.1, -0.05) is 33.6 Å². The van der Waals surface area contributed by atoms with Crippen molar-refractivity contribution in [1.29, 1.82) is 0 Å². The van der Waals surface area contributed by atoms with E-state index >= 15 is 0 Å². The van der Waals surface area contributed by atoms with Gasteiger partial charge in [-0.25, -0.2) is 0 Å². The Kier molecular flexibility index (Phi) is 5.96. The van der Waals surface area contributed by atoms with E-state index in [1.807, 2.05) is 0 Å². The Morgan fingerprint density at radius 3 is 2.58 bits per heavy atom. The van der Waals surface area contributed by atoms with E-state index < -0.39 is 11.9 Å². The monoisotopic (exact) mass is 464 g/mol. The zero-order valence-electron chi connectivity index (χ0n) is 20.3. The minimum atomic E-state index is -4.47. The maximum Gasteiger partial charge on any atom is 0.435 e. The quantitative estimate of drug-likeness (QED) is 0.480. The van der Waals surface area contributed by atoms with Crippen molar-refractivity contribution >= 4 is 5.78 Å². The topological polar surface area (TPSA) is 34.9 Å². The lowest BCUT2D eigenvalue weighted by atomic mass is 9.48. The van der Waals surface area contributed by atoms with Gasteiger partial charge in [-0.05, 0) is 97.9 Å². The minimum absolute atomic E-state index is 0.0201. The maximum absolute atomic E-state index is 13.5. The van der Waals surface area contributed by atoms with Crippen LogP contribution in [0.1, 0.15) is 84.3 Å². The number of carbonyl (C=O) groups excluding carboxylic acids is 1. The van der Waals surface area contributed by atoms with Crippen LogP contribution in [-0.2, 0) is 17.5 Å². The van der Waals surface area contributed by atoms with Crippen LogP contribution in [0.5, 0.6) is 0 Å². The molecule has 1 aromatic heterocycles. The molecule has 0 N–H and O–H groups in total. The van der Waals surface area contributed by atoms with Crippen molar-refractivity contribution in [3.63, 3.8) is 0 Å². The number of rotatable bonds is 4. The molecule has 0 aliphatic heterocycles. The predicted molar refractivity (Wildman–Crippen MR) is 121 cm³/mol. The van der Waals surface area contributed by atoms with Crippen LogP contribution in [0.15, 0.2) is 12.3 Å². The van der Waals surface area contributed by atoms with Crippen LogP contribution >= 0.6 is 0 Å². The van der Waals surface area contributed by atoms with Crippen molar-refractivity contribution < 1.29 is 18.0 Å². The average Bonchev–Trinajstić information content (AvgIpc) is 3.35. The SMILES string of the molecule is CC[C@@H]1CC(C(=O)Cn2ccc(C(F)(F)F)n2)C2(C)CCC3C4CCC(C)CC4CCC3C12. The fourth-order valence-corrected chi connectivity index (χ4v) is 9.17. The van der Waals surface area contributed by atoms with Crippen LogP contribution in [-0.4, -0.2) is 15.6 Å². The van der Waals surface area contributed by atoms with Gasteiger partial charge in [-0.2, -0.15) is 18.3 Å². The molecule has 0 bridgehead atoms. The largest absolute Gasteiger partial charge is 0.435 e. The number of carbonyl (C=O) groups is 1. The summed E-state index contributed by atoms with van der Waals surface area (Å²) in [5.41, 5.74) is -0.940. The highest BCUT2D eigenvalue weighted by Crippen LogP contribution is 2.66. The van der Waals surface area contributed by atoms with Gasteiger partial charge in [0.15, 0.2) is 11.5 Å². The molecular weight excluding hydrogens is 425 g/mol. The Labute approximate surface area is 195 Å². The summed E-state index contributed by atoms with van der Waals surface area (Å²) in [6.45, 7) is 6.97. The molecule has 0 spiro atoms. The molecule has 0 amide bonds. The summed E-state index contributed by atoms with van der Waals surface area (Å²) in [7, 11) is 0. The zero-order valence-corrected chi connectivity index (χ0v) is 20.3. The number of nitrogens with zero attached hydrogens (tertiary/aromatic N) is 2. The lowest BCUT2D eigenvalue weighted by Crippen LogP contribution is -2.50. The third kappa shape index (κ3) is 3.97. The molecule has 8 unspecified atom stereocenters. The third-order valence-electron chi connectivity index (χ3n) is 10.5. The van der Waals surface area contributed by atoms with E-state index in [9.17, 15) is 18.0 Å². The normalized spacial score (nSPS) is 43.0. The molecule has 33 heavy (non-hydrogen) atoms. The van der Waals surface area contributed by atoms with Crippen LogP contribution in [0, 0.1) is 52.8 Å². The summed E-state index contributed by atoms with van der Waals surface area (Å²) in [4.78, 5) is 13.5.